The predicted octanol–water partition coefficient (Wildman–Crippen LogP) is 0.840. The first-order valence-electron chi connectivity index (χ1n) is 4.98. The zero-order valence-electron chi connectivity index (χ0n) is 8.48. The van der Waals surface area contributed by atoms with Crippen molar-refractivity contribution in [2.24, 2.45) is 5.92 Å². The van der Waals surface area contributed by atoms with Gasteiger partial charge in [0.2, 0.25) is 0 Å². The van der Waals surface area contributed by atoms with Crippen LogP contribution in [0.3, 0.4) is 0 Å². The van der Waals surface area contributed by atoms with Crippen LogP contribution in [0.25, 0.3) is 0 Å². The van der Waals surface area contributed by atoms with Crippen molar-refractivity contribution in [2.45, 2.75) is 12.6 Å². The number of hydrogen-bond acceptors (Lipinski definition) is 4. The minimum atomic E-state index is -0.175. The third kappa shape index (κ3) is 3.74. The Kier molecular flexibility index (Phi) is 5.56. The van der Waals surface area contributed by atoms with Crippen LogP contribution in [0.15, 0.2) is 17.5 Å². The molecule has 0 bridgehead atoms. The Bertz CT molecular complexity index is 268. The Balaban J connectivity index is 0.00000112. The molecule has 1 aliphatic rings. The zero-order valence-corrected chi connectivity index (χ0v) is 10.1. The summed E-state index contributed by atoms with van der Waals surface area (Å²) < 4.78 is 0. The van der Waals surface area contributed by atoms with Gasteiger partial charge in [0, 0.05) is 37.0 Å². The molecule has 2 rings (SSSR count). The van der Waals surface area contributed by atoms with Crippen LogP contribution in [0.2, 0.25) is 0 Å². The van der Waals surface area contributed by atoms with Gasteiger partial charge in [-0.15, -0.1) is 23.7 Å². The molecule has 1 aromatic heterocycles. The van der Waals surface area contributed by atoms with Gasteiger partial charge in [-0.05, 0) is 11.4 Å². The van der Waals surface area contributed by atoms with Gasteiger partial charge < -0.3 is 15.7 Å². The normalized spacial score (nSPS) is 25.1. The SMILES string of the molecule is Cl.OC1CNCC1CNCc1cccs1. The van der Waals surface area contributed by atoms with Gasteiger partial charge in [0.15, 0.2) is 0 Å². The smallest absolute Gasteiger partial charge is 0.0716 e. The number of thiophene rings is 1. The number of β-amino-alcohol motifs (C(OH)–C–C–N with tert-alkyl or cyclic N) is 1. The largest absolute Gasteiger partial charge is 0.391 e. The summed E-state index contributed by atoms with van der Waals surface area (Å²) in [5, 5.41) is 18.2. The number of aliphatic hydroxyl groups excluding tert-OH is 1. The Labute approximate surface area is 100 Å². The molecule has 2 atom stereocenters. The molecule has 2 heterocycles. The maximum absolute atomic E-state index is 9.55. The second-order valence-corrected chi connectivity index (χ2v) is 4.73. The summed E-state index contributed by atoms with van der Waals surface area (Å²) in [5.74, 6) is 0.370. The minimum absolute atomic E-state index is 0. The Hall–Kier alpha value is -0.130. The van der Waals surface area contributed by atoms with Crippen molar-refractivity contribution in [1.29, 1.82) is 0 Å². The second kappa shape index (κ2) is 6.45. The van der Waals surface area contributed by atoms with Gasteiger partial charge in [-0.2, -0.15) is 0 Å². The maximum Gasteiger partial charge on any atom is 0.0716 e. The van der Waals surface area contributed by atoms with E-state index in [2.05, 4.69) is 28.1 Å². The molecule has 0 amide bonds. The Morgan fingerprint density at radius 2 is 2.40 bits per heavy atom. The van der Waals surface area contributed by atoms with Gasteiger partial charge in [0.05, 0.1) is 6.10 Å². The summed E-state index contributed by atoms with van der Waals surface area (Å²) >= 11 is 1.77. The average Bonchev–Trinajstić information content (AvgIpc) is 2.78. The molecular formula is C10H17ClN2OS. The van der Waals surface area contributed by atoms with Gasteiger partial charge in [-0.25, -0.2) is 0 Å². The standard InChI is InChI=1S/C10H16N2OS.ClH/c13-10-7-12-5-8(10)4-11-6-9-2-1-3-14-9;/h1-3,8,10-13H,4-7H2;1H. The van der Waals surface area contributed by atoms with E-state index in [0.29, 0.717) is 5.92 Å². The highest BCUT2D eigenvalue weighted by Crippen LogP contribution is 2.10. The van der Waals surface area contributed by atoms with Crippen molar-refractivity contribution in [3.63, 3.8) is 0 Å². The van der Waals surface area contributed by atoms with E-state index in [4.69, 9.17) is 0 Å². The molecule has 0 aliphatic carbocycles. The van der Waals surface area contributed by atoms with Crippen LogP contribution < -0.4 is 10.6 Å². The maximum atomic E-state index is 9.55. The van der Waals surface area contributed by atoms with E-state index in [9.17, 15) is 5.11 Å². The number of rotatable bonds is 4. The van der Waals surface area contributed by atoms with Crippen molar-refractivity contribution >= 4 is 23.7 Å². The topological polar surface area (TPSA) is 44.3 Å². The van der Waals surface area contributed by atoms with Crippen LogP contribution in [-0.4, -0.2) is 30.8 Å². The van der Waals surface area contributed by atoms with E-state index >= 15 is 0 Å². The lowest BCUT2D eigenvalue weighted by molar-refractivity contribution is 0.146. The van der Waals surface area contributed by atoms with Crippen molar-refractivity contribution < 1.29 is 5.11 Å². The molecule has 0 radical (unpaired) electrons. The van der Waals surface area contributed by atoms with Gasteiger partial charge >= 0.3 is 0 Å². The first kappa shape index (κ1) is 12.9. The van der Waals surface area contributed by atoms with Crippen LogP contribution in [0.1, 0.15) is 4.88 Å². The fourth-order valence-corrected chi connectivity index (χ4v) is 2.40. The van der Waals surface area contributed by atoms with Crippen LogP contribution in [0.4, 0.5) is 0 Å². The number of halogens is 1. The molecule has 1 aromatic rings. The van der Waals surface area contributed by atoms with Crippen molar-refractivity contribution in [1.82, 2.24) is 10.6 Å². The summed E-state index contributed by atoms with van der Waals surface area (Å²) in [6.45, 7) is 3.48. The highest BCUT2D eigenvalue weighted by Gasteiger charge is 2.23. The van der Waals surface area contributed by atoms with E-state index in [1.807, 2.05) is 0 Å². The summed E-state index contributed by atoms with van der Waals surface area (Å²) in [6, 6.07) is 4.19. The summed E-state index contributed by atoms with van der Waals surface area (Å²) in [5.41, 5.74) is 0. The lowest BCUT2D eigenvalue weighted by atomic mass is 10.1. The third-order valence-corrected chi connectivity index (χ3v) is 3.47. The van der Waals surface area contributed by atoms with Crippen molar-refractivity contribution in [3.05, 3.63) is 22.4 Å². The van der Waals surface area contributed by atoms with E-state index in [0.717, 1.165) is 26.2 Å². The number of nitrogens with one attached hydrogen (secondary N) is 2. The molecule has 3 nitrogen and oxygen atoms in total. The number of hydrogen-bond donors (Lipinski definition) is 3. The van der Waals surface area contributed by atoms with Gasteiger partial charge in [0.1, 0.15) is 0 Å². The molecule has 2 unspecified atom stereocenters. The lowest BCUT2D eigenvalue weighted by Crippen LogP contribution is -2.29. The molecule has 1 fully saturated rings. The van der Waals surface area contributed by atoms with E-state index in [-0.39, 0.29) is 18.5 Å². The monoisotopic (exact) mass is 248 g/mol. The van der Waals surface area contributed by atoms with Crippen molar-refractivity contribution in [2.75, 3.05) is 19.6 Å². The molecule has 0 spiro atoms. The molecule has 0 aromatic carbocycles. The molecule has 86 valence electrons. The fourth-order valence-electron chi connectivity index (χ4n) is 1.72. The van der Waals surface area contributed by atoms with Gasteiger partial charge in [0.25, 0.3) is 0 Å². The molecule has 0 saturated carbocycles. The van der Waals surface area contributed by atoms with E-state index < -0.39 is 0 Å². The third-order valence-electron chi connectivity index (χ3n) is 2.59. The zero-order chi connectivity index (χ0) is 9.80. The number of aliphatic hydroxyl groups is 1. The van der Waals surface area contributed by atoms with E-state index in [1.54, 1.807) is 11.3 Å². The lowest BCUT2D eigenvalue weighted by Gasteiger charge is -2.13. The first-order valence-corrected chi connectivity index (χ1v) is 5.86. The Morgan fingerprint density at radius 1 is 1.53 bits per heavy atom. The van der Waals surface area contributed by atoms with Crippen molar-refractivity contribution in [3.8, 4) is 0 Å². The highest BCUT2D eigenvalue weighted by atomic mass is 35.5. The van der Waals surface area contributed by atoms with E-state index in [1.165, 1.54) is 4.88 Å². The quantitative estimate of drug-likeness (QED) is 0.740. The first-order chi connectivity index (χ1) is 6.86. The van der Waals surface area contributed by atoms with Gasteiger partial charge in [-0.1, -0.05) is 6.07 Å². The molecule has 5 heteroatoms. The van der Waals surface area contributed by atoms with Crippen LogP contribution in [-0.2, 0) is 6.54 Å². The van der Waals surface area contributed by atoms with Crippen LogP contribution in [0, 0.1) is 5.92 Å². The fraction of sp³-hybridized carbons (Fsp3) is 0.600. The summed E-state index contributed by atoms with van der Waals surface area (Å²) in [6.07, 6.45) is -0.175. The molecule has 1 saturated heterocycles. The van der Waals surface area contributed by atoms with Crippen LogP contribution in [0.5, 0.6) is 0 Å². The van der Waals surface area contributed by atoms with Gasteiger partial charge in [-0.3, -0.25) is 0 Å². The van der Waals surface area contributed by atoms with Crippen LogP contribution >= 0.6 is 23.7 Å². The molecule has 15 heavy (non-hydrogen) atoms. The molecule has 3 N–H and O–H groups in total. The Morgan fingerprint density at radius 3 is 3.00 bits per heavy atom. The molecular weight excluding hydrogens is 232 g/mol. The average molecular weight is 249 g/mol. The predicted molar refractivity (Wildman–Crippen MR) is 65.6 cm³/mol. The summed E-state index contributed by atoms with van der Waals surface area (Å²) in [7, 11) is 0. The highest BCUT2D eigenvalue weighted by molar-refractivity contribution is 7.09. The second-order valence-electron chi connectivity index (χ2n) is 3.70. The molecule has 1 aliphatic heterocycles. The summed E-state index contributed by atoms with van der Waals surface area (Å²) in [4.78, 5) is 1.35. The minimum Gasteiger partial charge on any atom is -0.391 e.